The number of ether oxygens (including phenoxy) is 1. The molecule has 0 radical (unpaired) electrons. The molecular formula is C15H21NO2. The van der Waals surface area contributed by atoms with Crippen LogP contribution in [0.4, 0.5) is 0 Å². The van der Waals surface area contributed by atoms with Crippen LogP contribution in [0.15, 0.2) is 12.8 Å². The Kier molecular flexibility index (Phi) is 3.71. The van der Waals surface area contributed by atoms with Crippen molar-refractivity contribution < 1.29 is 9.84 Å². The molecule has 0 fully saturated rings. The molecule has 3 nitrogen and oxygen atoms in total. The maximum atomic E-state index is 10.1. The highest BCUT2D eigenvalue weighted by Crippen LogP contribution is 2.43. The molecule has 1 aliphatic heterocycles. The molecule has 1 aromatic rings. The van der Waals surface area contributed by atoms with Crippen LogP contribution in [0.25, 0.3) is 6.08 Å². The average molecular weight is 247 g/mol. The lowest BCUT2D eigenvalue weighted by atomic mass is 9.90. The van der Waals surface area contributed by atoms with Crippen LogP contribution in [-0.2, 0) is 16.9 Å². The van der Waals surface area contributed by atoms with Crippen LogP contribution in [0.5, 0.6) is 5.75 Å². The van der Waals surface area contributed by atoms with Gasteiger partial charge in [0, 0.05) is 17.3 Å². The summed E-state index contributed by atoms with van der Waals surface area (Å²) in [7, 11) is 0. The van der Waals surface area contributed by atoms with Gasteiger partial charge in [-0.05, 0) is 19.4 Å². The number of hydrogen-bond acceptors (Lipinski definition) is 3. The number of fused-ring (bicyclic) bond motifs is 1. The minimum atomic E-state index is -0.297. The molecule has 0 spiro atoms. The Morgan fingerprint density at radius 3 is 3.00 bits per heavy atom. The molecule has 0 saturated carbocycles. The van der Waals surface area contributed by atoms with E-state index in [4.69, 9.17) is 4.74 Å². The van der Waals surface area contributed by atoms with Crippen molar-refractivity contribution in [2.45, 2.75) is 51.7 Å². The third-order valence-electron chi connectivity index (χ3n) is 3.74. The summed E-state index contributed by atoms with van der Waals surface area (Å²) in [6, 6.07) is 0. The minimum absolute atomic E-state index is 0.224. The highest BCUT2D eigenvalue weighted by molar-refractivity contribution is 5.56. The van der Waals surface area contributed by atoms with E-state index in [-0.39, 0.29) is 11.4 Å². The topological polar surface area (TPSA) is 42.4 Å². The SMILES string of the molecule is C=Cc1ncc2c(c1O)COC2(C)CCCCC. The summed E-state index contributed by atoms with van der Waals surface area (Å²) in [5, 5.41) is 10.1. The molecule has 0 aliphatic carbocycles. The fourth-order valence-electron chi connectivity index (χ4n) is 2.53. The third-order valence-corrected chi connectivity index (χ3v) is 3.74. The van der Waals surface area contributed by atoms with E-state index in [9.17, 15) is 5.11 Å². The van der Waals surface area contributed by atoms with E-state index in [1.165, 1.54) is 12.8 Å². The van der Waals surface area contributed by atoms with Gasteiger partial charge in [0.25, 0.3) is 0 Å². The van der Waals surface area contributed by atoms with Crippen molar-refractivity contribution in [1.82, 2.24) is 4.98 Å². The van der Waals surface area contributed by atoms with E-state index < -0.39 is 0 Å². The average Bonchev–Trinajstić information content (AvgIpc) is 2.69. The van der Waals surface area contributed by atoms with Gasteiger partial charge in [-0.3, -0.25) is 4.98 Å². The third kappa shape index (κ3) is 2.15. The first-order chi connectivity index (χ1) is 8.62. The lowest BCUT2D eigenvalue weighted by molar-refractivity contribution is -0.0314. The van der Waals surface area contributed by atoms with Crippen LogP contribution < -0.4 is 0 Å². The van der Waals surface area contributed by atoms with E-state index in [0.29, 0.717) is 12.3 Å². The van der Waals surface area contributed by atoms with Crippen LogP contribution in [-0.4, -0.2) is 10.1 Å². The number of aromatic hydroxyl groups is 1. The van der Waals surface area contributed by atoms with Gasteiger partial charge in [-0.25, -0.2) is 0 Å². The van der Waals surface area contributed by atoms with Crippen LogP contribution in [0.3, 0.4) is 0 Å². The highest BCUT2D eigenvalue weighted by atomic mass is 16.5. The van der Waals surface area contributed by atoms with Gasteiger partial charge < -0.3 is 9.84 Å². The standard InChI is InChI=1S/C15H21NO2/c1-4-6-7-8-15(3)12-9-16-13(5-2)14(17)11(12)10-18-15/h5,9,17H,2,4,6-8,10H2,1,3H3. The summed E-state index contributed by atoms with van der Waals surface area (Å²) in [6.45, 7) is 8.39. The molecule has 0 aromatic carbocycles. The summed E-state index contributed by atoms with van der Waals surface area (Å²) in [4.78, 5) is 4.24. The molecule has 0 amide bonds. The van der Waals surface area contributed by atoms with E-state index in [0.717, 1.165) is 24.0 Å². The van der Waals surface area contributed by atoms with Crippen molar-refractivity contribution in [2.24, 2.45) is 0 Å². The van der Waals surface area contributed by atoms with Gasteiger partial charge in [0.05, 0.1) is 12.2 Å². The number of pyridine rings is 1. The second-order valence-electron chi connectivity index (χ2n) is 5.07. The van der Waals surface area contributed by atoms with Gasteiger partial charge in [-0.1, -0.05) is 32.8 Å². The van der Waals surface area contributed by atoms with E-state index in [1.807, 2.05) is 6.20 Å². The normalized spacial score (nSPS) is 21.9. The Bertz CT molecular complexity index is 456. The molecule has 1 aromatic heterocycles. The first-order valence-electron chi connectivity index (χ1n) is 6.60. The van der Waals surface area contributed by atoms with E-state index >= 15 is 0 Å². The Balaban J connectivity index is 2.27. The molecule has 1 aliphatic rings. The zero-order valence-corrected chi connectivity index (χ0v) is 11.2. The monoisotopic (exact) mass is 247 g/mol. The summed E-state index contributed by atoms with van der Waals surface area (Å²) >= 11 is 0. The Morgan fingerprint density at radius 2 is 2.33 bits per heavy atom. The van der Waals surface area contributed by atoms with Crippen LogP contribution in [0, 0.1) is 0 Å². The maximum Gasteiger partial charge on any atom is 0.147 e. The number of rotatable bonds is 5. The van der Waals surface area contributed by atoms with Crippen molar-refractivity contribution >= 4 is 6.08 Å². The minimum Gasteiger partial charge on any atom is -0.505 e. The van der Waals surface area contributed by atoms with Crippen molar-refractivity contribution in [1.29, 1.82) is 0 Å². The second kappa shape index (κ2) is 5.11. The summed E-state index contributed by atoms with van der Waals surface area (Å²) in [5.74, 6) is 0.224. The number of aromatic nitrogens is 1. The van der Waals surface area contributed by atoms with E-state index in [1.54, 1.807) is 6.08 Å². The van der Waals surface area contributed by atoms with Crippen LogP contribution >= 0.6 is 0 Å². The smallest absolute Gasteiger partial charge is 0.147 e. The predicted molar refractivity (Wildman–Crippen MR) is 72.3 cm³/mol. The van der Waals surface area contributed by atoms with Crippen molar-refractivity contribution in [3.05, 3.63) is 29.6 Å². The Morgan fingerprint density at radius 1 is 1.56 bits per heavy atom. The molecule has 0 bridgehead atoms. The number of unbranched alkanes of at least 4 members (excludes halogenated alkanes) is 2. The molecule has 1 unspecified atom stereocenters. The van der Waals surface area contributed by atoms with Crippen molar-refractivity contribution in [3.63, 3.8) is 0 Å². The Labute approximate surface area is 109 Å². The second-order valence-corrected chi connectivity index (χ2v) is 5.07. The van der Waals surface area contributed by atoms with Gasteiger partial charge in [0.15, 0.2) is 0 Å². The van der Waals surface area contributed by atoms with Gasteiger partial charge in [0.1, 0.15) is 11.4 Å². The van der Waals surface area contributed by atoms with Crippen molar-refractivity contribution in [2.75, 3.05) is 0 Å². The maximum absolute atomic E-state index is 10.1. The molecule has 1 atom stereocenters. The van der Waals surface area contributed by atoms with Gasteiger partial charge in [0.2, 0.25) is 0 Å². The summed E-state index contributed by atoms with van der Waals surface area (Å²) in [6.07, 6.45) is 7.91. The largest absolute Gasteiger partial charge is 0.505 e. The molecule has 3 heteroatoms. The van der Waals surface area contributed by atoms with Gasteiger partial charge >= 0.3 is 0 Å². The van der Waals surface area contributed by atoms with Gasteiger partial charge in [-0.15, -0.1) is 0 Å². The van der Waals surface area contributed by atoms with Gasteiger partial charge in [-0.2, -0.15) is 0 Å². The quantitative estimate of drug-likeness (QED) is 0.806. The molecule has 0 saturated heterocycles. The van der Waals surface area contributed by atoms with Crippen LogP contribution in [0.2, 0.25) is 0 Å². The molecule has 18 heavy (non-hydrogen) atoms. The summed E-state index contributed by atoms with van der Waals surface area (Å²) < 4.78 is 5.90. The molecular weight excluding hydrogens is 226 g/mol. The van der Waals surface area contributed by atoms with Crippen molar-refractivity contribution in [3.8, 4) is 5.75 Å². The number of nitrogens with zero attached hydrogens (tertiary/aromatic N) is 1. The Hall–Kier alpha value is -1.35. The molecule has 2 heterocycles. The fourth-order valence-corrected chi connectivity index (χ4v) is 2.53. The zero-order chi connectivity index (χ0) is 13.2. The highest BCUT2D eigenvalue weighted by Gasteiger charge is 2.37. The van der Waals surface area contributed by atoms with Crippen LogP contribution in [0.1, 0.15) is 56.4 Å². The fraction of sp³-hybridized carbons (Fsp3) is 0.533. The first kappa shape index (κ1) is 13.1. The molecule has 2 rings (SSSR count). The zero-order valence-electron chi connectivity index (χ0n) is 11.2. The predicted octanol–water partition coefficient (Wildman–Crippen LogP) is 3.76. The molecule has 1 N–H and O–H groups in total. The molecule has 98 valence electrons. The van der Waals surface area contributed by atoms with E-state index in [2.05, 4.69) is 25.4 Å². The number of hydrogen-bond donors (Lipinski definition) is 1. The lowest BCUT2D eigenvalue weighted by Crippen LogP contribution is -2.20. The summed E-state index contributed by atoms with van der Waals surface area (Å²) in [5.41, 5.74) is 2.14. The lowest BCUT2D eigenvalue weighted by Gasteiger charge is -2.24. The first-order valence-corrected chi connectivity index (χ1v) is 6.60.